The molecule has 1 aromatic carbocycles. The van der Waals surface area contributed by atoms with Gasteiger partial charge in [0.25, 0.3) is 0 Å². The molecule has 0 bridgehead atoms. The summed E-state index contributed by atoms with van der Waals surface area (Å²) in [5, 5.41) is 2.82. The van der Waals surface area contributed by atoms with Crippen molar-refractivity contribution in [3.05, 3.63) is 44.7 Å². The lowest BCUT2D eigenvalue weighted by Gasteiger charge is -2.31. The Balaban J connectivity index is 1.68. The van der Waals surface area contributed by atoms with Crippen LogP contribution in [-0.4, -0.2) is 52.2 Å². The number of carbonyl (C=O) groups is 2. The molecule has 9 nitrogen and oxygen atoms in total. The Kier molecular flexibility index (Phi) is 5.76. The molecule has 1 saturated heterocycles. The van der Waals surface area contributed by atoms with Gasteiger partial charge in [0, 0.05) is 19.1 Å². The molecule has 28 heavy (non-hydrogen) atoms. The van der Waals surface area contributed by atoms with Crippen LogP contribution in [-0.2, 0) is 16.1 Å². The summed E-state index contributed by atoms with van der Waals surface area (Å²) in [6.45, 7) is 2.59. The molecule has 2 amide bonds. The number of ether oxygens (including phenoxy) is 1. The number of benzene rings is 1. The molecule has 1 aliphatic heterocycles. The fourth-order valence-corrected chi connectivity index (χ4v) is 3.25. The summed E-state index contributed by atoms with van der Waals surface area (Å²) < 4.78 is 19.4. The van der Waals surface area contributed by atoms with E-state index in [0.717, 1.165) is 16.7 Å². The number of nitrogens with one attached hydrogen (secondary N) is 2. The van der Waals surface area contributed by atoms with E-state index in [9.17, 15) is 23.6 Å². The number of likely N-dealkylation sites (tertiary alicyclic amines) is 1. The molecule has 10 heteroatoms. The molecule has 2 heterocycles. The fourth-order valence-electron chi connectivity index (χ4n) is 3.25. The minimum absolute atomic E-state index is 0.139. The summed E-state index contributed by atoms with van der Waals surface area (Å²) in [7, 11) is 0. The Morgan fingerprint density at radius 1 is 1.29 bits per heavy atom. The van der Waals surface area contributed by atoms with Crippen LogP contribution in [0.2, 0.25) is 0 Å². The van der Waals surface area contributed by atoms with Crippen LogP contribution in [0.15, 0.2) is 27.8 Å². The smallest absolute Gasteiger partial charge is 0.409 e. The third-order valence-electron chi connectivity index (χ3n) is 4.62. The van der Waals surface area contributed by atoms with Gasteiger partial charge in [0.15, 0.2) is 0 Å². The predicted octanol–water partition coefficient (Wildman–Crippen LogP) is 0.566. The largest absolute Gasteiger partial charge is 0.450 e. The van der Waals surface area contributed by atoms with E-state index in [1.165, 1.54) is 6.07 Å². The number of nitrogens with zero attached hydrogens (tertiary/aromatic N) is 2. The monoisotopic (exact) mass is 392 g/mol. The van der Waals surface area contributed by atoms with Crippen molar-refractivity contribution in [2.75, 3.05) is 19.7 Å². The summed E-state index contributed by atoms with van der Waals surface area (Å²) in [5.74, 6) is -1.00. The van der Waals surface area contributed by atoms with Crippen molar-refractivity contribution < 1.29 is 18.7 Å². The number of aromatic amines is 1. The van der Waals surface area contributed by atoms with Gasteiger partial charge < -0.3 is 19.9 Å². The van der Waals surface area contributed by atoms with Crippen LogP contribution in [0.1, 0.15) is 19.8 Å². The molecule has 0 aliphatic carbocycles. The molecule has 0 atom stereocenters. The minimum atomic E-state index is -0.923. The number of hydrogen-bond acceptors (Lipinski definition) is 5. The van der Waals surface area contributed by atoms with Gasteiger partial charge in [-0.3, -0.25) is 19.0 Å². The van der Waals surface area contributed by atoms with Gasteiger partial charge in [0.05, 0.1) is 17.6 Å². The Morgan fingerprint density at radius 2 is 2.00 bits per heavy atom. The van der Waals surface area contributed by atoms with Crippen LogP contribution in [0.3, 0.4) is 0 Å². The lowest BCUT2D eigenvalue weighted by Crippen LogP contribution is -2.48. The van der Waals surface area contributed by atoms with Gasteiger partial charge in [-0.2, -0.15) is 0 Å². The average molecular weight is 392 g/mol. The molecule has 0 radical (unpaired) electrons. The lowest BCUT2D eigenvalue weighted by atomic mass is 10.1. The summed E-state index contributed by atoms with van der Waals surface area (Å²) in [5.41, 5.74) is -1.40. The van der Waals surface area contributed by atoms with Crippen LogP contribution in [0.5, 0.6) is 0 Å². The molecule has 2 aromatic rings. The van der Waals surface area contributed by atoms with E-state index in [0.29, 0.717) is 32.5 Å². The van der Waals surface area contributed by atoms with E-state index >= 15 is 0 Å². The molecule has 150 valence electrons. The maximum atomic E-state index is 13.4. The van der Waals surface area contributed by atoms with E-state index in [1.807, 2.05) is 0 Å². The number of H-pyrrole nitrogens is 1. The van der Waals surface area contributed by atoms with E-state index in [1.54, 1.807) is 11.8 Å². The Morgan fingerprint density at radius 3 is 2.68 bits per heavy atom. The quantitative estimate of drug-likeness (QED) is 0.739. The molecule has 0 unspecified atom stereocenters. The minimum Gasteiger partial charge on any atom is -0.450 e. The number of amides is 2. The summed E-state index contributed by atoms with van der Waals surface area (Å²) in [4.78, 5) is 52.0. The molecule has 1 aliphatic rings. The van der Waals surface area contributed by atoms with Crippen molar-refractivity contribution in [2.24, 2.45) is 0 Å². The topological polar surface area (TPSA) is 114 Å². The van der Waals surface area contributed by atoms with Gasteiger partial charge in [0.2, 0.25) is 5.91 Å². The molecule has 0 spiro atoms. The first-order valence-electron chi connectivity index (χ1n) is 9.02. The first-order chi connectivity index (χ1) is 13.4. The first kappa shape index (κ1) is 19.6. The average Bonchev–Trinajstić information content (AvgIpc) is 2.66. The van der Waals surface area contributed by atoms with Gasteiger partial charge >= 0.3 is 17.2 Å². The SMILES string of the molecule is CCOC(=O)N1CCC(NC(=O)Cn2c(=O)c(=O)[nH]c3cc(F)ccc32)CC1. The third-order valence-corrected chi connectivity index (χ3v) is 4.62. The second-order valence-corrected chi connectivity index (χ2v) is 6.53. The van der Waals surface area contributed by atoms with Crippen molar-refractivity contribution in [1.29, 1.82) is 0 Å². The van der Waals surface area contributed by atoms with Crippen LogP contribution >= 0.6 is 0 Å². The van der Waals surface area contributed by atoms with Gasteiger partial charge in [-0.1, -0.05) is 0 Å². The number of halogens is 1. The third kappa shape index (κ3) is 4.21. The van der Waals surface area contributed by atoms with Crippen LogP contribution in [0, 0.1) is 5.82 Å². The van der Waals surface area contributed by atoms with E-state index < -0.39 is 22.8 Å². The van der Waals surface area contributed by atoms with E-state index in [2.05, 4.69) is 10.3 Å². The van der Waals surface area contributed by atoms with Gasteiger partial charge in [0.1, 0.15) is 12.4 Å². The second kappa shape index (κ2) is 8.24. The maximum Gasteiger partial charge on any atom is 0.409 e. The van der Waals surface area contributed by atoms with Crippen molar-refractivity contribution in [3.63, 3.8) is 0 Å². The number of hydrogen-bond donors (Lipinski definition) is 2. The number of carbonyl (C=O) groups excluding carboxylic acids is 2. The van der Waals surface area contributed by atoms with Crippen molar-refractivity contribution in [2.45, 2.75) is 32.4 Å². The van der Waals surface area contributed by atoms with E-state index in [-0.39, 0.29) is 29.7 Å². The van der Waals surface area contributed by atoms with Crippen LogP contribution in [0.4, 0.5) is 9.18 Å². The van der Waals surface area contributed by atoms with E-state index in [4.69, 9.17) is 4.74 Å². The molecule has 1 aromatic heterocycles. The normalized spacial score (nSPS) is 14.9. The Hall–Kier alpha value is -3.17. The van der Waals surface area contributed by atoms with Gasteiger partial charge in [-0.15, -0.1) is 0 Å². The first-order valence-corrected chi connectivity index (χ1v) is 9.02. The lowest BCUT2D eigenvalue weighted by molar-refractivity contribution is -0.122. The maximum absolute atomic E-state index is 13.4. The molecule has 1 fully saturated rings. The number of fused-ring (bicyclic) bond motifs is 1. The zero-order valence-corrected chi connectivity index (χ0v) is 15.4. The Labute approximate surface area is 159 Å². The number of aromatic nitrogens is 2. The molecule has 2 N–H and O–H groups in total. The van der Waals surface area contributed by atoms with Crippen molar-refractivity contribution in [3.8, 4) is 0 Å². The van der Waals surface area contributed by atoms with Crippen LogP contribution < -0.4 is 16.4 Å². The summed E-state index contributed by atoms with van der Waals surface area (Å²) in [6.07, 6.45) is 0.739. The fraction of sp³-hybridized carbons (Fsp3) is 0.444. The van der Waals surface area contributed by atoms with Crippen molar-refractivity contribution >= 4 is 23.0 Å². The number of piperidine rings is 1. The summed E-state index contributed by atoms with van der Waals surface area (Å²) in [6, 6.07) is 3.43. The van der Waals surface area contributed by atoms with Gasteiger partial charge in [-0.05, 0) is 38.0 Å². The zero-order valence-electron chi connectivity index (χ0n) is 15.4. The molecule has 0 saturated carbocycles. The molecular formula is C18H21FN4O5. The summed E-state index contributed by atoms with van der Waals surface area (Å²) >= 11 is 0. The highest BCUT2D eigenvalue weighted by atomic mass is 19.1. The van der Waals surface area contributed by atoms with Crippen LogP contribution in [0.25, 0.3) is 11.0 Å². The highest BCUT2D eigenvalue weighted by molar-refractivity contribution is 5.80. The number of rotatable bonds is 4. The zero-order chi connectivity index (χ0) is 20.3. The van der Waals surface area contributed by atoms with Gasteiger partial charge in [-0.25, -0.2) is 9.18 Å². The highest BCUT2D eigenvalue weighted by Gasteiger charge is 2.24. The Bertz CT molecular complexity index is 1010. The standard InChI is InChI=1S/C18H21FN4O5/c1-2-28-18(27)22-7-5-12(6-8-22)20-15(24)10-23-14-4-3-11(19)9-13(14)21-16(25)17(23)26/h3-4,9,12H,2,5-8,10H2,1H3,(H,20,24)(H,21,25). The molecular weight excluding hydrogens is 371 g/mol. The highest BCUT2D eigenvalue weighted by Crippen LogP contribution is 2.13. The molecule has 3 rings (SSSR count). The second-order valence-electron chi connectivity index (χ2n) is 6.53. The predicted molar refractivity (Wildman–Crippen MR) is 98.5 cm³/mol. The van der Waals surface area contributed by atoms with Crippen molar-refractivity contribution in [1.82, 2.24) is 19.8 Å².